The summed E-state index contributed by atoms with van der Waals surface area (Å²) in [7, 11) is 0. The van der Waals surface area contributed by atoms with Gasteiger partial charge in [-0.3, -0.25) is 9.59 Å². The van der Waals surface area contributed by atoms with Crippen LogP contribution in [0, 0.1) is 0 Å². The van der Waals surface area contributed by atoms with Crippen LogP contribution >= 0.6 is 0 Å². The number of imide groups is 1. The molecule has 8 nitrogen and oxygen atoms in total. The van der Waals surface area contributed by atoms with E-state index >= 15 is 0 Å². The van der Waals surface area contributed by atoms with Crippen LogP contribution in [0.3, 0.4) is 0 Å². The topological polar surface area (TPSA) is 96.0 Å². The Morgan fingerprint density at radius 2 is 1.78 bits per heavy atom. The lowest BCUT2D eigenvalue weighted by molar-refractivity contribution is -0.197. The predicted molar refractivity (Wildman–Crippen MR) is 77.6 cm³/mol. The average Bonchev–Trinajstić information content (AvgIpc) is 2.94. The van der Waals surface area contributed by atoms with Gasteiger partial charge in [-0.05, 0) is 25.7 Å². The standard InChI is InChI=1S/C15H19N3O5/c19-12-7-8-13(20)18(12)23-14(21)9-17-11-6-4-2-1-3-5-10(11)16-15(17)22/h1-2,10-11H,3-9H2,(H,16,22). The van der Waals surface area contributed by atoms with Crippen molar-refractivity contribution < 1.29 is 24.0 Å². The Morgan fingerprint density at radius 1 is 1.13 bits per heavy atom. The number of nitrogens with zero attached hydrogens (tertiary/aromatic N) is 2. The van der Waals surface area contributed by atoms with E-state index in [2.05, 4.69) is 17.5 Å². The van der Waals surface area contributed by atoms with Gasteiger partial charge in [-0.1, -0.05) is 12.2 Å². The summed E-state index contributed by atoms with van der Waals surface area (Å²) in [5, 5.41) is 3.40. The number of fused-ring (bicyclic) bond motifs is 1. The van der Waals surface area contributed by atoms with Gasteiger partial charge in [0, 0.05) is 12.8 Å². The molecule has 3 aliphatic rings. The molecule has 2 fully saturated rings. The van der Waals surface area contributed by atoms with Crippen LogP contribution in [0.1, 0.15) is 38.5 Å². The molecule has 0 spiro atoms. The maximum atomic E-state index is 12.1. The van der Waals surface area contributed by atoms with E-state index in [4.69, 9.17) is 4.84 Å². The first-order valence-corrected chi connectivity index (χ1v) is 7.85. The number of amides is 4. The molecule has 0 saturated carbocycles. The smallest absolute Gasteiger partial charge is 0.333 e. The zero-order valence-corrected chi connectivity index (χ0v) is 12.7. The maximum Gasteiger partial charge on any atom is 0.352 e. The van der Waals surface area contributed by atoms with Gasteiger partial charge in [0.15, 0.2) is 0 Å². The number of hydroxylamine groups is 2. The Balaban J connectivity index is 1.62. The van der Waals surface area contributed by atoms with Crippen LogP contribution in [0.25, 0.3) is 0 Å². The number of hydrogen-bond acceptors (Lipinski definition) is 5. The number of carbonyl (C=O) groups excluding carboxylic acids is 4. The van der Waals surface area contributed by atoms with Crippen molar-refractivity contribution in [3.05, 3.63) is 12.2 Å². The first-order chi connectivity index (χ1) is 11.1. The summed E-state index contributed by atoms with van der Waals surface area (Å²) in [5.74, 6) is -1.83. The Hall–Kier alpha value is -2.38. The summed E-state index contributed by atoms with van der Waals surface area (Å²) in [5.41, 5.74) is 0. The van der Waals surface area contributed by atoms with Gasteiger partial charge in [0.25, 0.3) is 11.8 Å². The molecular formula is C15H19N3O5. The van der Waals surface area contributed by atoms with Crippen molar-refractivity contribution in [2.45, 2.75) is 50.6 Å². The van der Waals surface area contributed by atoms with E-state index in [1.165, 1.54) is 4.90 Å². The van der Waals surface area contributed by atoms with Crippen molar-refractivity contribution in [2.24, 2.45) is 0 Å². The molecule has 23 heavy (non-hydrogen) atoms. The third-order valence-corrected chi connectivity index (χ3v) is 4.37. The van der Waals surface area contributed by atoms with E-state index in [0.29, 0.717) is 5.06 Å². The van der Waals surface area contributed by atoms with Gasteiger partial charge in [0.1, 0.15) is 6.54 Å². The molecule has 2 saturated heterocycles. The van der Waals surface area contributed by atoms with Crippen molar-refractivity contribution in [1.29, 1.82) is 0 Å². The first-order valence-electron chi connectivity index (χ1n) is 7.85. The number of rotatable bonds is 3. The van der Waals surface area contributed by atoms with Crippen molar-refractivity contribution >= 4 is 23.8 Å². The lowest BCUT2D eigenvalue weighted by atomic mass is 9.96. The van der Waals surface area contributed by atoms with Crippen molar-refractivity contribution in [1.82, 2.24) is 15.3 Å². The monoisotopic (exact) mass is 321 g/mol. The number of carbonyl (C=O) groups is 4. The average molecular weight is 321 g/mol. The van der Waals surface area contributed by atoms with Crippen molar-refractivity contribution in [2.75, 3.05) is 6.54 Å². The lowest BCUT2D eigenvalue weighted by Gasteiger charge is -2.26. The Labute approximate surface area is 133 Å². The second-order valence-corrected chi connectivity index (χ2v) is 5.92. The Morgan fingerprint density at radius 3 is 2.48 bits per heavy atom. The molecule has 0 radical (unpaired) electrons. The van der Waals surface area contributed by atoms with E-state index in [1.807, 2.05) is 0 Å². The van der Waals surface area contributed by atoms with Gasteiger partial charge in [-0.15, -0.1) is 5.06 Å². The zero-order chi connectivity index (χ0) is 16.4. The molecule has 0 aromatic heterocycles. The maximum absolute atomic E-state index is 12.1. The summed E-state index contributed by atoms with van der Waals surface area (Å²) in [4.78, 5) is 53.3. The number of hydrogen-bond donors (Lipinski definition) is 1. The normalized spacial score (nSPS) is 27.6. The summed E-state index contributed by atoms with van der Waals surface area (Å²) in [6.07, 6.45) is 7.58. The zero-order valence-electron chi connectivity index (χ0n) is 12.7. The first kappa shape index (κ1) is 15.5. The van der Waals surface area contributed by atoms with Crippen LogP contribution in [-0.2, 0) is 19.2 Å². The van der Waals surface area contributed by atoms with Crippen LogP contribution < -0.4 is 5.32 Å². The van der Waals surface area contributed by atoms with Crippen LogP contribution in [-0.4, -0.2) is 52.4 Å². The summed E-state index contributed by atoms with van der Waals surface area (Å²) >= 11 is 0. The fourth-order valence-corrected chi connectivity index (χ4v) is 3.22. The molecule has 2 aliphatic heterocycles. The quantitative estimate of drug-likeness (QED) is 0.603. The summed E-state index contributed by atoms with van der Waals surface area (Å²) < 4.78 is 0. The molecule has 2 heterocycles. The SMILES string of the molecule is O=C(CN1C(=O)NC2CCC=CCCC21)ON1C(=O)CCC1=O. The van der Waals surface area contributed by atoms with Crippen LogP contribution in [0.4, 0.5) is 4.79 Å². The fraction of sp³-hybridized carbons (Fsp3) is 0.600. The third kappa shape index (κ3) is 3.20. The largest absolute Gasteiger partial charge is 0.352 e. The second-order valence-electron chi connectivity index (χ2n) is 5.92. The van der Waals surface area contributed by atoms with E-state index in [1.54, 1.807) is 0 Å². The molecule has 3 rings (SSSR count). The number of allylic oxidation sites excluding steroid dienone is 2. The molecular weight excluding hydrogens is 302 g/mol. The molecule has 0 aromatic carbocycles. The van der Waals surface area contributed by atoms with Gasteiger partial charge in [-0.2, -0.15) is 0 Å². The van der Waals surface area contributed by atoms with Crippen LogP contribution in [0.15, 0.2) is 12.2 Å². The molecule has 0 bridgehead atoms. The fourth-order valence-electron chi connectivity index (χ4n) is 3.22. The van der Waals surface area contributed by atoms with Gasteiger partial charge < -0.3 is 15.1 Å². The predicted octanol–water partition coefficient (Wildman–Crippen LogP) is 0.486. The summed E-state index contributed by atoms with van der Waals surface area (Å²) in [6, 6.07) is -0.377. The number of nitrogens with one attached hydrogen (secondary N) is 1. The number of urea groups is 1. The van der Waals surface area contributed by atoms with Gasteiger partial charge >= 0.3 is 12.0 Å². The minimum Gasteiger partial charge on any atom is -0.333 e. The molecule has 0 aromatic rings. The molecule has 2 atom stereocenters. The Bertz CT molecular complexity index is 557. The Kier molecular flexibility index (Phi) is 4.31. The van der Waals surface area contributed by atoms with E-state index in [0.717, 1.165) is 25.7 Å². The molecule has 124 valence electrons. The van der Waals surface area contributed by atoms with Crippen LogP contribution in [0.5, 0.6) is 0 Å². The van der Waals surface area contributed by atoms with E-state index in [-0.39, 0.29) is 37.5 Å². The second kappa shape index (κ2) is 6.39. The minimum absolute atomic E-state index is 0.00954. The van der Waals surface area contributed by atoms with Crippen molar-refractivity contribution in [3.8, 4) is 0 Å². The lowest BCUT2D eigenvalue weighted by Crippen LogP contribution is -2.43. The van der Waals surface area contributed by atoms with E-state index < -0.39 is 17.8 Å². The van der Waals surface area contributed by atoms with Gasteiger partial charge in [-0.25, -0.2) is 9.59 Å². The molecule has 1 N–H and O–H groups in total. The highest BCUT2D eigenvalue weighted by Gasteiger charge is 2.41. The summed E-state index contributed by atoms with van der Waals surface area (Å²) in [6.45, 7) is -0.270. The molecule has 4 amide bonds. The van der Waals surface area contributed by atoms with E-state index in [9.17, 15) is 19.2 Å². The third-order valence-electron chi connectivity index (χ3n) is 4.37. The minimum atomic E-state index is -0.776. The molecule has 8 heteroatoms. The van der Waals surface area contributed by atoms with Gasteiger partial charge in [0.05, 0.1) is 12.1 Å². The van der Waals surface area contributed by atoms with Crippen molar-refractivity contribution in [3.63, 3.8) is 0 Å². The highest BCUT2D eigenvalue weighted by molar-refractivity contribution is 6.01. The van der Waals surface area contributed by atoms with Gasteiger partial charge in [0.2, 0.25) is 0 Å². The highest BCUT2D eigenvalue weighted by atomic mass is 16.7. The molecule has 1 aliphatic carbocycles. The highest BCUT2D eigenvalue weighted by Crippen LogP contribution is 2.24. The van der Waals surface area contributed by atoms with Crippen LogP contribution in [0.2, 0.25) is 0 Å². The molecule has 2 unspecified atom stereocenters.